The van der Waals surface area contributed by atoms with Crippen LogP contribution in [-0.2, 0) is 16.0 Å². The average molecular weight is 300 g/mol. The maximum Gasteiger partial charge on any atom is 0.251 e. The second-order valence-corrected chi connectivity index (χ2v) is 5.66. The molecular formula is C17H20N2O3. The third-order valence-corrected chi connectivity index (χ3v) is 4.09. The Morgan fingerprint density at radius 3 is 2.95 bits per heavy atom. The summed E-state index contributed by atoms with van der Waals surface area (Å²) in [5.41, 5.74) is 3.72. The second-order valence-electron chi connectivity index (χ2n) is 5.66. The maximum atomic E-state index is 12.1. The molecule has 1 aromatic carbocycles. The largest absolute Gasteiger partial charge is 0.383 e. The van der Waals surface area contributed by atoms with Crippen molar-refractivity contribution < 1.29 is 14.3 Å². The van der Waals surface area contributed by atoms with Gasteiger partial charge in [0.15, 0.2) is 0 Å². The van der Waals surface area contributed by atoms with Gasteiger partial charge in [0.05, 0.1) is 6.61 Å². The molecule has 0 aromatic heterocycles. The van der Waals surface area contributed by atoms with Crippen LogP contribution in [0.2, 0.25) is 0 Å². The summed E-state index contributed by atoms with van der Waals surface area (Å²) in [5, 5.41) is 2.82. The number of allylic oxidation sites excluding steroid dienone is 1. The van der Waals surface area contributed by atoms with Gasteiger partial charge in [0.25, 0.3) is 5.91 Å². The highest BCUT2D eigenvalue weighted by Crippen LogP contribution is 2.37. The number of carbonyl (C=O) groups is 2. The highest BCUT2D eigenvalue weighted by molar-refractivity contribution is 5.96. The van der Waals surface area contributed by atoms with E-state index >= 15 is 0 Å². The number of hydrogen-bond acceptors (Lipinski definition) is 3. The van der Waals surface area contributed by atoms with E-state index < -0.39 is 0 Å². The van der Waals surface area contributed by atoms with Crippen LogP contribution in [0.5, 0.6) is 0 Å². The first kappa shape index (κ1) is 14.8. The molecule has 0 saturated heterocycles. The predicted molar refractivity (Wildman–Crippen MR) is 83.3 cm³/mol. The molecule has 22 heavy (non-hydrogen) atoms. The van der Waals surface area contributed by atoms with Crippen LogP contribution in [-0.4, -0.2) is 43.5 Å². The standard InChI is InChI=1S/C17H20N2O3/c1-22-9-8-18-17(21)13-3-2-12-4-7-16(15(12)10-13)19(11-20)14-5-6-14/h2-3,7,10-11,14H,4-6,8-9H2,1H3,(H,18,21). The van der Waals surface area contributed by atoms with Crippen molar-refractivity contribution in [3.8, 4) is 0 Å². The highest BCUT2D eigenvalue weighted by Gasteiger charge is 2.32. The average Bonchev–Trinajstić information content (AvgIpc) is 3.28. The van der Waals surface area contributed by atoms with E-state index in [0.717, 1.165) is 42.5 Å². The van der Waals surface area contributed by atoms with Crippen molar-refractivity contribution >= 4 is 18.0 Å². The topological polar surface area (TPSA) is 58.6 Å². The number of carbonyl (C=O) groups excluding carboxylic acids is 2. The Hall–Kier alpha value is -2.14. The Morgan fingerprint density at radius 1 is 1.45 bits per heavy atom. The molecular weight excluding hydrogens is 280 g/mol. The number of amides is 2. The van der Waals surface area contributed by atoms with Gasteiger partial charge >= 0.3 is 0 Å². The quantitative estimate of drug-likeness (QED) is 0.614. The van der Waals surface area contributed by atoms with E-state index in [1.165, 1.54) is 0 Å². The molecule has 0 radical (unpaired) electrons. The fraction of sp³-hybridized carbons (Fsp3) is 0.412. The summed E-state index contributed by atoms with van der Waals surface area (Å²) in [4.78, 5) is 25.3. The van der Waals surface area contributed by atoms with Gasteiger partial charge in [-0.15, -0.1) is 0 Å². The number of ether oxygens (including phenoxy) is 1. The van der Waals surface area contributed by atoms with E-state index in [9.17, 15) is 9.59 Å². The van der Waals surface area contributed by atoms with E-state index in [-0.39, 0.29) is 5.91 Å². The Kier molecular flexibility index (Phi) is 4.24. The number of benzene rings is 1. The lowest BCUT2D eigenvalue weighted by Crippen LogP contribution is -2.27. The zero-order valence-electron chi connectivity index (χ0n) is 12.7. The van der Waals surface area contributed by atoms with Crippen molar-refractivity contribution in [3.05, 3.63) is 41.0 Å². The van der Waals surface area contributed by atoms with Crippen LogP contribution in [0, 0.1) is 0 Å². The van der Waals surface area contributed by atoms with E-state index in [0.29, 0.717) is 24.8 Å². The summed E-state index contributed by atoms with van der Waals surface area (Å²) < 4.78 is 4.93. The van der Waals surface area contributed by atoms with Crippen LogP contribution in [0.4, 0.5) is 0 Å². The molecule has 0 bridgehead atoms. The van der Waals surface area contributed by atoms with Gasteiger partial charge in [-0.1, -0.05) is 12.1 Å². The van der Waals surface area contributed by atoms with Crippen LogP contribution in [0.3, 0.4) is 0 Å². The Bertz CT molecular complexity index is 620. The molecule has 0 unspecified atom stereocenters. The van der Waals surface area contributed by atoms with Crippen LogP contribution in [0.1, 0.15) is 34.3 Å². The summed E-state index contributed by atoms with van der Waals surface area (Å²) >= 11 is 0. The summed E-state index contributed by atoms with van der Waals surface area (Å²) in [6.07, 6.45) is 5.91. The van der Waals surface area contributed by atoms with Gasteiger partial charge in [-0.05, 0) is 37.0 Å². The van der Waals surface area contributed by atoms with Crippen molar-refractivity contribution in [2.45, 2.75) is 25.3 Å². The normalized spacial score (nSPS) is 16.0. The number of hydrogen-bond donors (Lipinski definition) is 1. The van der Waals surface area contributed by atoms with E-state index in [1.807, 2.05) is 18.2 Å². The van der Waals surface area contributed by atoms with E-state index in [1.54, 1.807) is 12.0 Å². The van der Waals surface area contributed by atoms with Gasteiger partial charge in [0.2, 0.25) is 6.41 Å². The maximum absolute atomic E-state index is 12.1. The van der Waals surface area contributed by atoms with Crippen LogP contribution in [0.25, 0.3) is 5.70 Å². The molecule has 0 heterocycles. The minimum atomic E-state index is -0.116. The third-order valence-electron chi connectivity index (χ3n) is 4.09. The summed E-state index contributed by atoms with van der Waals surface area (Å²) in [7, 11) is 1.60. The van der Waals surface area contributed by atoms with Crippen LogP contribution < -0.4 is 5.32 Å². The fourth-order valence-corrected chi connectivity index (χ4v) is 2.76. The number of nitrogens with one attached hydrogen (secondary N) is 1. The van der Waals surface area contributed by atoms with Crippen molar-refractivity contribution in [1.29, 1.82) is 0 Å². The molecule has 5 nitrogen and oxygen atoms in total. The molecule has 1 saturated carbocycles. The lowest BCUT2D eigenvalue weighted by atomic mass is 10.0. The van der Waals surface area contributed by atoms with Crippen molar-refractivity contribution in [2.24, 2.45) is 0 Å². The smallest absolute Gasteiger partial charge is 0.251 e. The lowest BCUT2D eigenvalue weighted by Gasteiger charge is -2.19. The van der Waals surface area contributed by atoms with Crippen LogP contribution >= 0.6 is 0 Å². The minimum Gasteiger partial charge on any atom is -0.383 e. The molecule has 2 amide bonds. The zero-order chi connectivity index (χ0) is 15.5. The van der Waals surface area contributed by atoms with Gasteiger partial charge in [-0.3, -0.25) is 9.59 Å². The molecule has 0 spiro atoms. The molecule has 2 aliphatic rings. The number of nitrogens with zero attached hydrogens (tertiary/aromatic N) is 1. The van der Waals surface area contributed by atoms with Gasteiger partial charge in [-0.2, -0.15) is 0 Å². The SMILES string of the molecule is COCCNC(=O)c1ccc2c(c1)C(N(C=O)C1CC1)=CC2. The summed E-state index contributed by atoms with van der Waals surface area (Å²) in [6.45, 7) is 0.972. The number of rotatable bonds is 7. The van der Waals surface area contributed by atoms with Gasteiger partial charge < -0.3 is 15.0 Å². The first-order valence-electron chi connectivity index (χ1n) is 7.59. The zero-order valence-corrected chi connectivity index (χ0v) is 12.7. The lowest BCUT2D eigenvalue weighted by molar-refractivity contribution is -0.115. The fourth-order valence-electron chi connectivity index (χ4n) is 2.76. The monoisotopic (exact) mass is 300 g/mol. The third kappa shape index (κ3) is 2.90. The second kappa shape index (κ2) is 6.32. The predicted octanol–water partition coefficient (Wildman–Crippen LogP) is 1.58. The number of methoxy groups -OCH3 is 1. The molecule has 5 heteroatoms. The van der Waals surface area contributed by atoms with E-state index in [2.05, 4.69) is 11.4 Å². The molecule has 1 N–H and O–H groups in total. The first-order chi connectivity index (χ1) is 10.7. The Balaban J connectivity index is 1.79. The van der Waals surface area contributed by atoms with Crippen molar-refractivity contribution in [2.75, 3.05) is 20.3 Å². The first-order valence-corrected chi connectivity index (χ1v) is 7.59. The van der Waals surface area contributed by atoms with E-state index in [4.69, 9.17) is 4.74 Å². The van der Waals surface area contributed by atoms with Gasteiger partial charge in [0.1, 0.15) is 0 Å². The molecule has 2 aliphatic carbocycles. The van der Waals surface area contributed by atoms with Gasteiger partial charge in [-0.25, -0.2) is 0 Å². The van der Waals surface area contributed by atoms with Crippen molar-refractivity contribution in [1.82, 2.24) is 10.2 Å². The summed E-state index contributed by atoms with van der Waals surface area (Å²) in [5.74, 6) is -0.116. The molecule has 116 valence electrons. The molecule has 1 aromatic rings. The molecule has 0 atom stereocenters. The minimum absolute atomic E-state index is 0.116. The van der Waals surface area contributed by atoms with Crippen molar-refractivity contribution in [3.63, 3.8) is 0 Å². The summed E-state index contributed by atoms with van der Waals surface area (Å²) in [6, 6.07) is 6.02. The number of fused-ring (bicyclic) bond motifs is 1. The van der Waals surface area contributed by atoms with Crippen LogP contribution in [0.15, 0.2) is 24.3 Å². The molecule has 1 fully saturated rings. The van der Waals surface area contributed by atoms with Gasteiger partial charge in [0, 0.05) is 36.5 Å². The Labute approximate surface area is 129 Å². The Morgan fingerprint density at radius 2 is 2.27 bits per heavy atom. The molecule has 3 rings (SSSR count). The molecule has 0 aliphatic heterocycles. The highest BCUT2D eigenvalue weighted by atomic mass is 16.5.